The van der Waals surface area contributed by atoms with Gasteiger partial charge in [0.05, 0.1) is 0 Å². The van der Waals surface area contributed by atoms with Crippen LogP contribution in [0.5, 0.6) is 0 Å². The SMILES string of the molecule is CSc1ccc(C(=O)/C=C/c2cc(F)c(F)c(F)c2)cc1. The zero-order valence-electron chi connectivity index (χ0n) is 11.1. The second-order valence-electron chi connectivity index (χ2n) is 4.22. The molecule has 0 heterocycles. The van der Waals surface area contributed by atoms with Gasteiger partial charge in [-0.15, -0.1) is 11.8 Å². The van der Waals surface area contributed by atoms with Gasteiger partial charge in [0.2, 0.25) is 0 Å². The number of hydrogen-bond donors (Lipinski definition) is 0. The van der Waals surface area contributed by atoms with Gasteiger partial charge in [0.25, 0.3) is 0 Å². The van der Waals surface area contributed by atoms with Gasteiger partial charge in [0, 0.05) is 10.5 Å². The number of allylic oxidation sites excluding steroid dienone is 1. The molecule has 2 rings (SSSR count). The van der Waals surface area contributed by atoms with Crippen LogP contribution in [0, 0.1) is 17.5 Å². The average molecular weight is 308 g/mol. The largest absolute Gasteiger partial charge is 0.289 e. The third kappa shape index (κ3) is 3.76. The number of carbonyl (C=O) groups is 1. The lowest BCUT2D eigenvalue weighted by Gasteiger charge is -2.00. The average Bonchev–Trinajstić information content (AvgIpc) is 2.50. The molecule has 5 heteroatoms. The lowest BCUT2D eigenvalue weighted by Crippen LogP contribution is -1.94. The Labute approximate surface area is 124 Å². The standard InChI is InChI=1S/C16H11F3OS/c1-21-12-5-3-11(4-6-12)15(20)7-2-10-8-13(17)16(19)14(18)9-10/h2-9H,1H3/b7-2+. The maximum absolute atomic E-state index is 13.0. The second-order valence-corrected chi connectivity index (χ2v) is 5.10. The topological polar surface area (TPSA) is 17.1 Å². The first kappa shape index (κ1) is 15.4. The highest BCUT2D eigenvalue weighted by atomic mass is 32.2. The van der Waals surface area contributed by atoms with Crippen molar-refractivity contribution in [2.45, 2.75) is 4.90 Å². The molecule has 1 nitrogen and oxygen atoms in total. The van der Waals surface area contributed by atoms with E-state index in [1.165, 1.54) is 12.2 Å². The van der Waals surface area contributed by atoms with Crippen molar-refractivity contribution < 1.29 is 18.0 Å². The van der Waals surface area contributed by atoms with Crippen LogP contribution in [-0.2, 0) is 0 Å². The molecule has 2 aromatic carbocycles. The van der Waals surface area contributed by atoms with E-state index in [-0.39, 0.29) is 11.3 Å². The first-order valence-electron chi connectivity index (χ1n) is 6.02. The van der Waals surface area contributed by atoms with E-state index in [1.807, 2.05) is 18.4 Å². The van der Waals surface area contributed by atoms with Gasteiger partial charge in [-0.25, -0.2) is 13.2 Å². The van der Waals surface area contributed by atoms with E-state index in [0.717, 1.165) is 17.0 Å². The van der Waals surface area contributed by atoms with Crippen LogP contribution in [0.3, 0.4) is 0 Å². The van der Waals surface area contributed by atoms with Crippen LogP contribution in [0.2, 0.25) is 0 Å². The molecule has 0 spiro atoms. The van der Waals surface area contributed by atoms with Crippen molar-refractivity contribution in [1.29, 1.82) is 0 Å². The monoisotopic (exact) mass is 308 g/mol. The van der Waals surface area contributed by atoms with E-state index in [0.29, 0.717) is 5.56 Å². The summed E-state index contributed by atoms with van der Waals surface area (Å²) in [7, 11) is 0. The Bertz CT molecular complexity index is 670. The summed E-state index contributed by atoms with van der Waals surface area (Å²) in [4.78, 5) is 12.9. The van der Waals surface area contributed by atoms with Crippen LogP contribution in [0.15, 0.2) is 47.4 Å². The molecule has 0 amide bonds. The lowest BCUT2D eigenvalue weighted by molar-refractivity contribution is 0.104. The number of halogens is 3. The van der Waals surface area contributed by atoms with Crippen molar-refractivity contribution in [3.05, 3.63) is 71.1 Å². The number of benzene rings is 2. The Morgan fingerprint density at radius 2 is 1.62 bits per heavy atom. The lowest BCUT2D eigenvalue weighted by atomic mass is 10.1. The maximum atomic E-state index is 13.0. The maximum Gasteiger partial charge on any atom is 0.194 e. The zero-order valence-corrected chi connectivity index (χ0v) is 11.9. The smallest absolute Gasteiger partial charge is 0.194 e. The molecule has 0 unspecified atom stereocenters. The fourth-order valence-electron chi connectivity index (χ4n) is 1.69. The first-order valence-corrected chi connectivity index (χ1v) is 7.24. The van der Waals surface area contributed by atoms with E-state index in [1.54, 1.807) is 23.9 Å². The summed E-state index contributed by atoms with van der Waals surface area (Å²) >= 11 is 1.56. The molecule has 0 fully saturated rings. The molecule has 0 aromatic heterocycles. The van der Waals surface area contributed by atoms with Gasteiger partial charge in [-0.05, 0) is 54.3 Å². The molecule has 2 aromatic rings. The van der Waals surface area contributed by atoms with Gasteiger partial charge < -0.3 is 0 Å². The van der Waals surface area contributed by atoms with E-state index in [2.05, 4.69) is 0 Å². The van der Waals surface area contributed by atoms with Gasteiger partial charge in [0.15, 0.2) is 23.2 Å². The van der Waals surface area contributed by atoms with Crippen molar-refractivity contribution in [3.8, 4) is 0 Å². The van der Waals surface area contributed by atoms with E-state index >= 15 is 0 Å². The second kappa shape index (κ2) is 6.63. The predicted molar refractivity (Wildman–Crippen MR) is 77.9 cm³/mol. The van der Waals surface area contributed by atoms with E-state index in [9.17, 15) is 18.0 Å². The van der Waals surface area contributed by atoms with Crippen LogP contribution >= 0.6 is 11.8 Å². The number of carbonyl (C=O) groups excluding carboxylic acids is 1. The molecule has 0 atom stereocenters. The van der Waals surface area contributed by atoms with Crippen LogP contribution in [0.1, 0.15) is 15.9 Å². The molecule has 0 radical (unpaired) electrons. The zero-order chi connectivity index (χ0) is 15.4. The normalized spacial score (nSPS) is 11.0. The molecular formula is C16H11F3OS. The molecule has 0 bridgehead atoms. The highest BCUT2D eigenvalue weighted by molar-refractivity contribution is 7.98. The summed E-state index contributed by atoms with van der Waals surface area (Å²) in [5.41, 5.74) is 0.549. The van der Waals surface area contributed by atoms with Crippen molar-refractivity contribution in [2.75, 3.05) is 6.26 Å². The summed E-state index contributed by atoms with van der Waals surface area (Å²) in [5, 5.41) is 0. The summed E-state index contributed by atoms with van der Waals surface area (Å²) in [6.07, 6.45) is 4.37. The summed E-state index contributed by atoms with van der Waals surface area (Å²) in [6.45, 7) is 0. The third-order valence-electron chi connectivity index (χ3n) is 2.81. The molecule has 108 valence electrons. The van der Waals surface area contributed by atoms with Crippen molar-refractivity contribution >= 4 is 23.6 Å². The highest BCUT2D eigenvalue weighted by Crippen LogP contribution is 2.17. The molecule has 0 saturated carbocycles. The van der Waals surface area contributed by atoms with E-state index in [4.69, 9.17) is 0 Å². The van der Waals surface area contributed by atoms with Gasteiger partial charge in [-0.1, -0.05) is 6.08 Å². The van der Waals surface area contributed by atoms with Gasteiger partial charge in [-0.2, -0.15) is 0 Å². The predicted octanol–water partition coefficient (Wildman–Crippen LogP) is 4.72. The Balaban J connectivity index is 2.18. The first-order chi connectivity index (χ1) is 10.0. The Hall–Kier alpha value is -2.01. The fourth-order valence-corrected chi connectivity index (χ4v) is 2.10. The van der Waals surface area contributed by atoms with Crippen molar-refractivity contribution in [3.63, 3.8) is 0 Å². The number of rotatable bonds is 4. The quantitative estimate of drug-likeness (QED) is 0.352. The van der Waals surface area contributed by atoms with Crippen LogP contribution in [-0.4, -0.2) is 12.0 Å². The molecule has 0 aliphatic carbocycles. The Morgan fingerprint density at radius 1 is 1.05 bits per heavy atom. The van der Waals surface area contributed by atoms with Gasteiger partial charge in [-0.3, -0.25) is 4.79 Å². The highest BCUT2D eigenvalue weighted by Gasteiger charge is 2.09. The minimum Gasteiger partial charge on any atom is -0.289 e. The molecule has 0 aliphatic heterocycles. The van der Waals surface area contributed by atoms with Gasteiger partial charge in [0.1, 0.15) is 0 Å². The van der Waals surface area contributed by atoms with Crippen LogP contribution in [0.4, 0.5) is 13.2 Å². The van der Waals surface area contributed by atoms with Crippen molar-refractivity contribution in [2.24, 2.45) is 0 Å². The molecule has 21 heavy (non-hydrogen) atoms. The Kier molecular flexibility index (Phi) is 4.85. The summed E-state index contributed by atoms with van der Waals surface area (Å²) in [6, 6.07) is 8.62. The summed E-state index contributed by atoms with van der Waals surface area (Å²) in [5.74, 6) is -4.39. The van der Waals surface area contributed by atoms with Crippen LogP contribution < -0.4 is 0 Å². The molecular weight excluding hydrogens is 297 g/mol. The molecule has 0 aliphatic rings. The fraction of sp³-hybridized carbons (Fsp3) is 0.0625. The van der Waals surface area contributed by atoms with E-state index < -0.39 is 17.5 Å². The molecule has 0 saturated heterocycles. The number of thioether (sulfide) groups is 1. The summed E-state index contributed by atoms with van der Waals surface area (Å²) < 4.78 is 38.9. The third-order valence-corrected chi connectivity index (χ3v) is 3.55. The number of ketones is 1. The minimum atomic E-state index is -1.52. The molecule has 0 N–H and O–H groups in total. The number of hydrogen-bond acceptors (Lipinski definition) is 2. The Morgan fingerprint density at radius 3 is 2.14 bits per heavy atom. The van der Waals surface area contributed by atoms with Gasteiger partial charge >= 0.3 is 0 Å². The minimum absolute atomic E-state index is 0.0838. The van der Waals surface area contributed by atoms with Crippen LogP contribution in [0.25, 0.3) is 6.08 Å². The van der Waals surface area contributed by atoms with Crippen molar-refractivity contribution in [1.82, 2.24) is 0 Å².